The van der Waals surface area contributed by atoms with Gasteiger partial charge in [0.15, 0.2) is 0 Å². The monoisotopic (exact) mass is 387 g/mol. The second-order valence-electron chi connectivity index (χ2n) is 9.06. The summed E-state index contributed by atoms with van der Waals surface area (Å²) in [5, 5.41) is 38.6. The van der Waals surface area contributed by atoms with Gasteiger partial charge < -0.3 is 20.6 Å². The van der Waals surface area contributed by atoms with Crippen LogP contribution in [0.3, 0.4) is 0 Å². The fraction of sp³-hybridized carbons (Fsp3) is 0.600. The van der Waals surface area contributed by atoms with Crippen LogP contribution < -0.4 is 10.6 Å². The molecule has 8 nitrogen and oxygen atoms in total. The zero-order chi connectivity index (χ0) is 20.1. The van der Waals surface area contributed by atoms with E-state index in [-0.39, 0.29) is 30.4 Å². The highest BCUT2D eigenvalue weighted by Gasteiger charge is 2.72. The zero-order valence-electron chi connectivity index (χ0n) is 15.9. The van der Waals surface area contributed by atoms with E-state index >= 15 is 0 Å². The van der Waals surface area contributed by atoms with E-state index < -0.39 is 34.7 Å². The third-order valence-electron chi connectivity index (χ3n) is 7.80. The molecule has 5 N–H and O–H groups in total. The van der Waals surface area contributed by atoms with Crippen LogP contribution in [0.2, 0.25) is 0 Å². The molecule has 4 aliphatic rings. The van der Waals surface area contributed by atoms with Crippen molar-refractivity contribution in [2.24, 2.45) is 5.92 Å². The Bertz CT molecular complexity index is 906. The number of nitrogens with one attached hydrogen (secondary N) is 2. The molecule has 8 heteroatoms. The zero-order valence-corrected chi connectivity index (χ0v) is 15.9. The van der Waals surface area contributed by atoms with Crippen molar-refractivity contribution >= 4 is 11.9 Å². The number of aromatic hydroxyl groups is 1. The highest BCUT2D eigenvalue weighted by atomic mass is 16.3. The standard InChI is InChI=1S/C20H25N3O5/c1-10-8-23(2)15-14(25)12-4-3-11(24)7-13(12)19(10)9-18(5-6-20(15,19)28)16(26)21-17(27)22-18/h3-4,7,10,14-15,24-25,28H,5-6,8-9H2,1-2H3,(H2,21,22,26,27)/t10-,14+,15+,18-,19?,20+/m0/s1. The van der Waals surface area contributed by atoms with E-state index in [9.17, 15) is 24.9 Å². The Balaban J connectivity index is 1.79. The van der Waals surface area contributed by atoms with Gasteiger partial charge in [-0.05, 0) is 55.5 Å². The summed E-state index contributed by atoms with van der Waals surface area (Å²) in [4.78, 5) is 26.7. The first-order valence-electron chi connectivity index (χ1n) is 9.72. The average Bonchev–Trinajstić information content (AvgIpc) is 2.88. The summed E-state index contributed by atoms with van der Waals surface area (Å²) in [5.74, 6) is -0.398. The number of hydrogen-bond donors (Lipinski definition) is 5. The summed E-state index contributed by atoms with van der Waals surface area (Å²) in [5.41, 5.74) is -1.94. The molecule has 2 aliphatic carbocycles. The van der Waals surface area contributed by atoms with Crippen LogP contribution in [0.25, 0.3) is 0 Å². The molecule has 150 valence electrons. The van der Waals surface area contributed by atoms with E-state index in [2.05, 4.69) is 10.6 Å². The van der Waals surface area contributed by atoms with Crippen LogP contribution in [0.15, 0.2) is 18.2 Å². The lowest BCUT2D eigenvalue weighted by molar-refractivity contribution is -0.219. The van der Waals surface area contributed by atoms with Crippen LogP contribution in [0.4, 0.5) is 4.79 Å². The predicted molar refractivity (Wildman–Crippen MR) is 98.5 cm³/mol. The van der Waals surface area contributed by atoms with Gasteiger partial charge in [-0.3, -0.25) is 15.0 Å². The molecule has 6 atom stereocenters. The van der Waals surface area contributed by atoms with Gasteiger partial charge in [-0.15, -0.1) is 0 Å². The number of nitrogens with zero attached hydrogens (tertiary/aromatic N) is 1. The van der Waals surface area contributed by atoms with Gasteiger partial charge in [-0.25, -0.2) is 4.79 Å². The van der Waals surface area contributed by atoms with Gasteiger partial charge >= 0.3 is 6.03 Å². The first-order valence-corrected chi connectivity index (χ1v) is 9.72. The topological polar surface area (TPSA) is 122 Å². The number of urea groups is 1. The summed E-state index contributed by atoms with van der Waals surface area (Å²) < 4.78 is 0. The lowest BCUT2D eigenvalue weighted by Crippen LogP contribution is -2.79. The normalized spacial score (nSPS) is 44.6. The van der Waals surface area contributed by atoms with E-state index in [1.54, 1.807) is 12.1 Å². The summed E-state index contributed by atoms with van der Waals surface area (Å²) >= 11 is 0. The molecule has 2 saturated heterocycles. The molecule has 3 fully saturated rings. The smallest absolute Gasteiger partial charge is 0.322 e. The number of likely N-dealkylation sites (tertiary alicyclic amines) is 1. The Morgan fingerprint density at radius 1 is 1.25 bits per heavy atom. The van der Waals surface area contributed by atoms with Gasteiger partial charge in [0.1, 0.15) is 11.3 Å². The van der Waals surface area contributed by atoms with Crippen LogP contribution in [-0.2, 0) is 10.2 Å². The number of carbonyl (C=O) groups excluding carboxylic acids is 2. The summed E-state index contributed by atoms with van der Waals surface area (Å²) in [6, 6.07) is 3.79. The third-order valence-corrected chi connectivity index (χ3v) is 7.80. The third kappa shape index (κ3) is 1.86. The van der Waals surface area contributed by atoms with Crippen LogP contribution >= 0.6 is 0 Å². The Morgan fingerprint density at radius 2 is 2.00 bits per heavy atom. The highest BCUT2D eigenvalue weighted by molar-refractivity contribution is 6.07. The quantitative estimate of drug-likeness (QED) is 0.403. The maximum absolute atomic E-state index is 12.7. The van der Waals surface area contributed by atoms with Gasteiger partial charge in [0.25, 0.3) is 5.91 Å². The molecule has 1 spiro atoms. The maximum atomic E-state index is 12.7. The van der Waals surface area contributed by atoms with Crippen molar-refractivity contribution in [3.63, 3.8) is 0 Å². The number of rotatable bonds is 0. The molecule has 2 heterocycles. The van der Waals surface area contributed by atoms with Gasteiger partial charge in [0.2, 0.25) is 0 Å². The lowest BCUT2D eigenvalue weighted by atomic mass is 9.43. The van der Waals surface area contributed by atoms with Gasteiger partial charge in [0, 0.05) is 12.0 Å². The second kappa shape index (κ2) is 5.25. The van der Waals surface area contributed by atoms with Crippen LogP contribution in [0.5, 0.6) is 5.75 Å². The Morgan fingerprint density at radius 3 is 2.68 bits per heavy atom. The fourth-order valence-electron chi connectivity index (χ4n) is 6.71. The Hall–Kier alpha value is -2.16. The van der Waals surface area contributed by atoms with Crippen molar-refractivity contribution in [2.45, 2.75) is 54.9 Å². The van der Waals surface area contributed by atoms with E-state index in [0.717, 1.165) is 0 Å². The number of likely N-dealkylation sites (N-methyl/N-ethyl adjacent to an activating group) is 1. The molecule has 1 aromatic rings. The molecule has 1 aromatic carbocycles. The number of benzene rings is 1. The molecular formula is C20H25N3O5. The molecule has 0 radical (unpaired) electrons. The molecule has 1 unspecified atom stereocenters. The first-order chi connectivity index (χ1) is 13.1. The molecule has 5 rings (SSSR count). The van der Waals surface area contributed by atoms with Gasteiger partial charge in [-0.1, -0.05) is 13.0 Å². The number of imide groups is 1. The van der Waals surface area contributed by atoms with E-state index in [4.69, 9.17) is 0 Å². The van der Waals surface area contributed by atoms with Crippen LogP contribution in [-0.4, -0.2) is 62.9 Å². The Kier molecular flexibility index (Phi) is 3.36. The number of carbonyl (C=O) groups is 2. The summed E-state index contributed by atoms with van der Waals surface area (Å²) in [6.45, 7) is 2.64. The molecule has 2 bridgehead atoms. The number of aliphatic hydroxyl groups excluding tert-OH is 1. The van der Waals surface area contributed by atoms with E-state index in [1.165, 1.54) is 6.07 Å². The van der Waals surface area contributed by atoms with Crippen molar-refractivity contribution < 1.29 is 24.9 Å². The molecule has 28 heavy (non-hydrogen) atoms. The minimum Gasteiger partial charge on any atom is -0.508 e. The minimum atomic E-state index is -1.29. The summed E-state index contributed by atoms with van der Waals surface area (Å²) in [6.07, 6.45) is -0.136. The predicted octanol–water partition coefficient (Wildman–Crippen LogP) is 0.120. The summed E-state index contributed by atoms with van der Waals surface area (Å²) in [7, 11) is 1.89. The number of phenols is 1. The van der Waals surface area contributed by atoms with Gasteiger partial charge in [-0.2, -0.15) is 0 Å². The van der Waals surface area contributed by atoms with Crippen LogP contribution in [0.1, 0.15) is 43.4 Å². The lowest BCUT2D eigenvalue weighted by Gasteiger charge is -2.68. The number of hydrogen-bond acceptors (Lipinski definition) is 6. The van der Waals surface area contributed by atoms with Crippen molar-refractivity contribution in [1.29, 1.82) is 0 Å². The number of amides is 3. The minimum absolute atomic E-state index is 0.0479. The Labute approximate surface area is 162 Å². The molecule has 3 amide bonds. The number of piperidine rings is 1. The van der Waals surface area contributed by atoms with Crippen molar-refractivity contribution in [3.8, 4) is 5.75 Å². The van der Waals surface area contributed by atoms with Crippen molar-refractivity contribution in [2.75, 3.05) is 13.6 Å². The molecule has 1 saturated carbocycles. The molecular weight excluding hydrogens is 362 g/mol. The van der Waals surface area contributed by atoms with Gasteiger partial charge in [0.05, 0.1) is 17.7 Å². The average molecular weight is 387 g/mol. The second-order valence-corrected chi connectivity index (χ2v) is 9.06. The molecule has 0 aromatic heterocycles. The SMILES string of the molecule is C[C@H]1CN(C)[C@@H]2[C@H](O)c3ccc(O)cc3C13C[C@]1(CC[C@@]23O)NC(=O)NC1=O. The highest BCUT2D eigenvalue weighted by Crippen LogP contribution is 2.64. The largest absolute Gasteiger partial charge is 0.508 e. The van der Waals surface area contributed by atoms with Crippen molar-refractivity contribution in [1.82, 2.24) is 15.5 Å². The number of phenolic OH excluding ortho intramolecular Hbond substituents is 1. The molecule has 2 aliphatic heterocycles. The first kappa shape index (κ1) is 17.9. The fourth-order valence-corrected chi connectivity index (χ4v) is 6.71. The van der Waals surface area contributed by atoms with E-state index in [1.807, 2.05) is 18.9 Å². The number of fused-ring (bicyclic) bond motifs is 1. The maximum Gasteiger partial charge on any atom is 0.322 e. The van der Waals surface area contributed by atoms with Crippen LogP contribution in [0, 0.1) is 5.92 Å². The van der Waals surface area contributed by atoms with Crippen molar-refractivity contribution in [3.05, 3.63) is 29.3 Å². The number of aliphatic hydroxyl groups is 2. The van der Waals surface area contributed by atoms with E-state index in [0.29, 0.717) is 24.1 Å².